The second-order valence-corrected chi connectivity index (χ2v) is 3.54. The molecule has 0 saturated carbocycles. The number of rotatable bonds is 1. The van der Waals surface area contributed by atoms with E-state index in [4.69, 9.17) is 9.94 Å². The molecule has 0 aliphatic heterocycles. The molecular weight excluding hydrogens is 218 g/mol. The molecule has 2 aromatic rings. The standard InChI is InChI=1S/C13H11NO3/c1-9(14-16)17-13(15)12-8-4-6-10-5-2-3-7-11(10)12/h2-8,16H,1H3. The van der Waals surface area contributed by atoms with Gasteiger partial charge < -0.3 is 9.94 Å². The Bertz CT molecular complexity index is 585. The first-order valence-corrected chi connectivity index (χ1v) is 5.11. The number of carbonyl (C=O) groups excluding carboxylic acids is 1. The number of oxime groups is 1. The zero-order valence-electron chi connectivity index (χ0n) is 9.25. The SMILES string of the molecule is CC(=NO)OC(=O)c1cccc2ccccc12. The molecule has 0 saturated heterocycles. The third kappa shape index (κ3) is 2.25. The lowest BCUT2D eigenvalue weighted by Crippen LogP contribution is -2.10. The Labute approximate surface area is 98.1 Å². The van der Waals surface area contributed by atoms with E-state index in [1.54, 1.807) is 12.1 Å². The minimum absolute atomic E-state index is 0.0806. The molecule has 2 aromatic carbocycles. The highest BCUT2D eigenvalue weighted by Gasteiger charge is 2.12. The van der Waals surface area contributed by atoms with Crippen molar-refractivity contribution >= 4 is 22.6 Å². The summed E-state index contributed by atoms with van der Waals surface area (Å²) in [6.45, 7) is 1.41. The summed E-state index contributed by atoms with van der Waals surface area (Å²) >= 11 is 0. The molecule has 86 valence electrons. The summed E-state index contributed by atoms with van der Waals surface area (Å²) in [4.78, 5) is 11.8. The first-order valence-electron chi connectivity index (χ1n) is 5.11. The molecule has 0 amide bonds. The smallest absolute Gasteiger partial charge is 0.345 e. The van der Waals surface area contributed by atoms with E-state index in [1.165, 1.54) is 6.92 Å². The lowest BCUT2D eigenvalue weighted by Gasteiger charge is -2.05. The van der Waals surface area contributed by atoms with Crippen molar-refractivity contribution in [3.8, 4) is 0 Å². The summed E-state index contributed by atoms with van der Waals surface area (Å²) < 4.78 is 4.85. The van der Waals surface area contributed by atoms with Crippen molar-refractivity contribution in [1.82, 2.24) is 0 Å². The van der Waals surface area contributed by atoms with Crippen LogP contribution < -0.4 is 0 Å². The Hall–Kier alpha value is -2.36. The van der Waals surface area contributed by atoms with Gasteiger partial charge in [-0.2, -0.15) is 0 Å². The van der Waals surface area contributed by atoms with Crippen molar-refractivity contribution in [1.29, 1.82) is 0 Å². The van der Waals surface area contributed by atoms with Gasteiger partial charge in [-0.25, -0.2) is 4.79 Å². The summed E-state index contributed by atoms with van der Waals surface area (Å²) in [6.07, 6.45) is 0. The highest BCUT2D eigenvalue weighted by Crippen LogP contribution is 2.19. The van der Waals surface area contributed by atoms with Crippen LogP contribution in [0.15, 0.2) is 47.6 Å². The summed E-state index contributed by atoms with van der Waals surface area (Å²) in [5.41, 5.74) is 0.450. The average Bonchev–Trinajstić information content (AvgIpc) is 2.37. The number of esters is 1. The lowest BCUT2D eigenvalue weighted by molar-refractivity contribution is 0.0708. The van der Waals surface area contributed by atoms with Crippen molar-refractivity contribution in [2.45, 2.75) is 6.92 Å². The summed E-state index contributed by atoms with van der Waals surface area (Å²) in [6, 6.07) is 12.9. The van der Waals surface area contributed by atoms with Gasteiger partial charge >= 0.3 is 5.97 Å². The Kier molecular flexibility index (Phi) is 3.05. The second-order valence-electron chi connectivity index (χ2n) is 3.54. The Morgan fingerprint density at radius 3 is 2.65 bits per heavy atom. The van der Waals surface area contributed by atoms with Crippen LogP contribution in [0, 0.1) is 0 Å². The quantitative estimate of drug-likeness (QED) is 0.269. The fraction of sp³-hybridized carbons (Fsp3) is 0.0769. The predicted molar refractivity (Wildman–Crippen MR) is 64.3 cm³/mol. The van der Waals surface area contributed by atoms with Gasteiger partial charge in [-0.15, -0.1) is 0 Å². The Balaban J connectivity index is 2.45. The van der Waals surface area contributed by atoms with Crippen LogP contribution in [-0.2, 0) is 4.74 Å². The van der Waals surface area contributed by atoms with Crippen LogP contribution in [-0.4, -0.2) is 17.1 Å². The molecular formula is C13H11NO3. The highest BCUT2D eigenvalue weighted by molar-refractivity contribution is 6.07. The number of ether oxygens (including phenoxy) is 1. The maximum absolute atomic E-state index is 11.8. The van der Waals surface area contributed by atoms with E-state index in [-0.39, 0.29) is 5.90 Å². The van der Waals surface area contributed by atoms with Gasteiger partial charge in [-0.3, -0.25) is 0 Å². The van der Waals surface area contributed by atoms with Crippen LogP contribution in [0.1, 0.15) is 17.3 Å². The number of benzene rings is 2. The maximum atomic E-state index is 11.8. The average molecular weight is 229 g/mol. The lowest BCUT2D eigenvalue weighted by atomic mass is 10.1. The Morgan fingerprint density at radius 2 is 1.88 bits per heavy atom. The van der Waals surface area contributed by atoms with Crippen LogP contribution in [0.25, 0.3) is 10.8 Å². The van der Waals surface area contributed by atoms with Crippen LogP contribution in [0.4, 0.5) is 0 Å². The molecule has 17 heavy (non-hydrogen) atoms. The molecule has 0 bridgehead atoms. The van der Waals surface area contributed by atoms with Crippen molar-refractivity contribution < 1.29 is 14.7 Å². The molecule has 0 aromatic heterocycles. The summed E-state index contributed by atoms with van der Waals surface area (Å²) in [5, 5.41) is 13.0. The molecule has 0 heterocycles. The fourth-order valence-electron chi connectivity index (χ4n) is 1.61. The third-order valence-electron chi connectivity index (χ3n) is 2.39. The van der Waals surface area contributed by atoms with E-state index in [9.17, 15) is 4.79 Å². The van der Waals surface area contributed by atoms with Gasteiger partial charge in [0, 0.05) is 6.92 Å². The van der Waals surface area contributed by atoms with Gasteiger partial charge in [0.05, 0.1) is 5.56 Å². The molecule has 1 N–H and O–H groups in total. The molecule has 0 radical (unpaired) electrons. The molecule has 0 aliphatic rings. The molecule has 0 fully saturated rings. The van der Waals surface area contributed by atoms with Crippen LogP contribution in [0.3, 0.4) is 0 Å². The van der Waals surface area contributed by atoms with Crippen LogP contribution in [0.2, 0.25) is 0 Å². The zero-order chi connectivity index (χ0) is 12.3. The fourth-order valence-corrected chi connectivity index (χ4v) is 1.61. The first-order chi connectivity index (χ1) is 8.22. The van der Waals surface area contributed by atoms with Gasteiger partial charge in [0.25, 0.3) is 0 Å². The normalized spacial score (nSPS) is 11.5. The van der Waals surface area contributed by atoms with E-state index in [0.717, 1.165) is 10.8 Å². The zero-order valence-corrected chi connectivity index (χ0v) is 9.25. The largest absolute Gasteiger partial charge is 0.408 e. The molecule has 4 nitrogen and oxygen atoms in total. The van der Waals surface area contributed by atoms with E-state index < -0.39 is 5.97 Å². The van der Waals surface area contributed by atoms with Crippen LogP contribution in [0.5, 0.6) is 0 Å². The summed E-state index contributed by atoms with van der Waals surface area (Å²) in [7, 11) is 0. The van der Waals surface area contributed by atoms with Gasteiger partial charge in [-0.1, -0.05) is 41.6 Å². The monoisotopic (exact) mass is 229 g/mol. The van der Waals surface area contributed by atoms with E-state index >= 15 is 0 Å². The minimum atomic E-state index is -0.530. The van der Waals surface area contributed by atoms with Gasteiger partial charge in [-0.05, 0) is 16.8 Å². The van der Waals surface area contributed by atoms with E-state index in [1.807, 2.05) is 30.3 Å². The minimum Gasteiger partial charge on any atom is -0.408 e. The number of carbonyl (C=O) groups is 1. The number of hydrogen-bond acceptors (Lipinski definition) is 4. The Morgan fingerprint density at radius 1 is 1.18 bits per heavy atom. The molecule has 2 rings (SSSR count). The summed E-state index contributed by atoms with van der Waals surface area (Å²) in [5.74, 6) is -0.611. The van der Waals surface area contributed by atoms with Gasteiger partial charge in [0.15, 0.2) is 0 Å². The van der Waals surface area contributed by atoms with E-state index in [0.29, 0.717) is 5.56 Å². The van der Waals surface area contributed by atoms with E-state index in [2.05, 4.69) is 5.16 Å². The number of hydrogen-bond donors (Lipinski definition) is 1. The molecule has 0 spiro atoms. The molecule has 4 heteroatoms. The topological polar surface area (TPSA) is 58.9 Å². The highest BCUT2D eigenvalue weighted by atomic mass is 16.6. The predicted octanol–water partition coefficient (Wildman–Crippen LogP) is 2.80. The van der Waals surface area contributed by atoms with Crippen molar-refractivity contribution in [2.75, 3.05) is 0 Å². The van der Waals surface area contributed by atoms with Crippen molar-refractivity contribution in [3.05, 3.63) is 48.0 Å². The molecule has 0 atom stereocenters. The number of nitrogens with zero attached hydrogens (tertiary/aromatic N) is 1. The third-order valence-corrected chi connectivity index (χ3v) is 2.39. The second kappa shape index (κ2) is 4.65. The van der Waals surface area contributed by atoms with Gasteiger partial charge in [0.1, 0.15) is 0 Å². The van der Waals surface area contributed by atoms with Crippen molar-refractivity contribution in [3.63, 3.8) is 0 Å². The first kappa shape index (κ1) is 11.1. The maximum Gasteiger partial charge on any atom is 0.345 e. The molecule has 0 aliphatic carbocycles. The van der Waals surface area contributed by atoms with Gasteiger partial charge in [0.2, 0.25) is 5.90 Å². The molecule has 0 unspecified atom stereocenters. The number of fused-ring (bicyclic) bond motifs is 1. The van der Waals surface area contributed by atoms with Crippen LogP contribution >= 0.6 is 0 Å². The van der Waals surface area contributed by atoms with Crippen molar-refractivity contribution in [2.24, 2.45) is 5.16 Å².